The molecular formula is C25H31F3. The average molecular weight is 389 g/mol. The third-order valence-corrected chi connectivity index (χ3v) is 6.27. The molecule has 0 nitrogen and oxygen atoms in total. The minimum atomic E-state index is -1.15. The van der Waals surface area contributed by atoms with Crippen molar-refractivity contribution in [3.63, 3.8) is 0 Å². The Hall–Kier alpha value is -1.77. The second-order valence-corrected chi connectivity index (χ2v) is 8.29. The fourth-order valence-electron chi connectivity index (χ4n) is 4.50. The van der Waals surface area contributed by atoms with Gasteiger partial charge in [0, 0.05) is 11.6 Å². The van der Waals surface area contributed by atoms with Crippen LogP contribution in [0.15, 0.2) is 36.4 Å². The maximum absolute atomic E-state index is 14.0. The second kappa shape index (κ2) is 10.1. The van der Waals surface area contributed by atoms with Gasteiger partial charge in [0.25, 0.3) is 0 Å². The second-order valence-electron chi connectivity index (χ2n) is 8.29. The molecule has 0 unspecified atom stereocenters. The zero-order chi connectivity index (χ0) is 19.9. The van der Waals surface area contributed by atoms with Crippen LogP contribution in [-0.2, 0) is 0 Å². The molecule has 0 radical (unpaired) electrons. The Bertz CT molecular complexity index is 743. The Kier molecular flexibility index (Phi) is 7.58. The molecule has 0 aromatic heterocycles. The van der Waals surface area contributed by atoms with Crippen LogP contribution in [0.3, 0.4) is 0 Å². The van der Waals surface area contributed by atoms with Crippen LogP contribution in [0, 0.1) is 23.4 Å². The van der Waals surface area contributed by atoms with Crippen LogP contribution in [0.4, 0.5) is 13.2 Å². The van der Waals surface area contributed by atoms with Gasteiger partial charge in [-0.2, -0.15) is 0 Å². The van der Waals surface area contributed by atoms with Gasteiger partial charge in [-0.15, -0.1) is 0 Å². The Balaban J connectivity index is 1.53. The van der Waals surface area contributed by atoms with Crippen molar-refractivity contribution in [2.45, 2.75) is 77.0 Å². The Morgan fingerprint density at radius 2 is 1.39 bits per heavy atom. The first-order chi connectivity index (χ1) is 13.6. The molecule has 0 bridgehead atoms. The van der Waals surface area contributed by atoms with Crippen molar-refractivity contribution in [3.05, 3.63) is 59.4 Å². The molecule has 0 saturated heterocycles. The van der Waals surface area contributed by atoms with E-state index in [1.165, 1.54) is 69.8 Å². The molecule has 0 aliphatic heterocycles. The lowest BCUT2D eigenvalue weighted by Crippen LogP contribution is -2.13. The zero-order valence-electron chi connectivity index (χ0n) is 16.8. The van der Waals surface area contributed by atoms with E-state index in [-0.39, 0.29) is 5.56 Å². The summed E-state index contributed by atoms with van der Waals surface area (Å²) >= 11 is 0. The predicted octanol–water partition coefficient (Wildman–Crippen LogP) is 8.41. The maximum atomic E-state index is 14.0. The highest BCUT2D eigenvalue weighted by atomic mass is 19.2. The molecule has 0 N–H and O–H groups in total. The lowest BCUT2D eigenvalue weighted by molar-refractivity contribution is 0.302. The van der Waals surface area contributed by atoms with Gasteiger partial charge >= 0.3 is 0 Å². The molecule has 0 heterocycles. The molecule has 0 atom stereocenters. The smallest absolute Gasteiger partial charge is 0.161 e. The zero-order valence-corrected chi connectivity index (χ0v) is 16.8. The summed E-state index contributed by atoms with van der Waals surface area (Å²) in [6.45, 7) is 2.25. The molecule has 1 aliphatic carbocycles. The summed E-state index contributed by atoms with van der Waals surface area (Å²) in [6, 6.07) is 9.24. The fraction of sp³-hybridized carbons (Fsp3) is 0.520. The summed E-state index contributed by atoms with van der Waals surface area (Å²) in [5, 5.41) is 0. The number of hydrogen-bond acceptors (Lipinski definition) is 0. The summed E-state index contributed by atoms with van der Waals surface area (Å²) in [7, 11) is 0. The van der Waals surface area contributed by atoms with Crippen LogP contribution in [0.1, 0.15) is 82.6 Å². The quantitative estimate of drug-likeness (QED) is 0.314. The summed E-state index contributed by atoms with van der Waals surface area (Å²) in [5.41, 5.74) is 1.96. The van der Waals surface area contributed by atoms with E-state index in [9.17, 15) is 13.2 Å². The third kappa shape index (κ3) is 5.40. The van der Waals surface area contributed by atoms with E-state index < -0.39 is 17.5 Å². The molecule has 1 fully saturated rings. The molecule has 3 heteroatoms. The Morgan fingerprint density at radius 3 is 2.07 bits per heavy atom. The highest BCUT2D eigenvalue weighted by Gasteiger charge is 2.22. The van der Waals surface area contributed by atoms with E-state index in [0.29, 0.717) is 17.5 Å². The number of rotatable bonds is 8. The number of unbranched alkanes of at least 4 members (excludes halogenated alkanes) is 4. The minimum absolute atomic E-state index is 0.109. The van der Waals surface area contributed by atoms with Crippen molar-refractivity contribution < 1.29 is 13.2 Å². The van der Waals surface area contributed by atoms with Crippen LogP contribution >= 0.6 is 0 Å². The monoisotopic (exact) mass is 388 g/mol. The lowest BCUT2D eigenvalue weighted by Gasteiger charge is -2.29. The van der Waals surface area contributed by atoms with Crippen molar-refractivity contribution in [1.29, 1.82) is 0 Å². The molecule has 1 saturated carbocycles. The Labute approximate surface area is 167 Å². The van der Waals surface area contributed by atoms with Gasteiger partial charge in [-0.3, -0.25) is 0 Å². The van der Waals surface area contributed by atoms with Crippen LogP contribution in [0.25, 0.3) is 11.1 Å². The topological polar surface area (TPSA) is 0 Å². The number of halogens is 3. The van der Waals surface area contributed by atoms with Crippen LogP contribution < -0.4 is 0 Å². The standard InChI is InChI=1S/C25H31F3/c1-2-3-4-5-6-7-18-8-10-19(11-9-18)20-12-14-21(15-13-20)22-16-24(27)25(28)17-23(22)26/h12-19H,2-11H2,1H3. The van der Waals surface area contributed by atoms with Crippen molar-refractivity contribution in [1.82, 2.24) is 0 Å². The SMILES string of the molecule is CCCCCCCC1CCC(c2ccc(-c3cc(F)c(F)cc3F)cc2)CC1. The fourth-order valence-corrected chi connectivity index (χ4v) is 4.50. The summed E-state index contributed by atoms with van der Waals surface area (Å²) in [5.74, 6) is -1.48. The van der Waals surface area contributed by atoms with Crippen LogP contribution in [0.5, 0.6) is 0 Å². The number of benzene rings is 2. The molecule has 0 amide bonds. The minimum Gasteiger partial charge on any atom is -0.206 e. The van der Waals surface area contributed by atoms with E-state index in [2.05, 4.69) is 6.92 Å². The van der Waals surface area contributed by atoms with E-state index in [0.717, 1.165) is 12.0 Å². The molecule has 3 rings (SSSR count). The van der Waals surface area contributed by atoms with Crippen molar-refractivity contribution in [2.75, 3.05) is 0 Å². The lowest BCUT2D eigenvalue weighted by atomic mass is 9.77. The van der Waals surface area contributed by atoms with Gasteiger partial charge in [0.2, 0.25) is 0 Å². The molecule has 152 valence electrons. The largest absolute Gasteiger partial charge is 0.206 e. The van der Waals surface area contributed by atoms with Crippen LogP contribution in [0.2, 0.25) is 0 Å². The average Bonchev–Trinajstić information content (AvgIpc) is 2.71. The highest BCUT2D eigenvalue weighted by Crippen LogP contribution is 2.38. The molecule has 2 aromatic carbocycles. The van der Waals surface area contributed by atoms with E-state index >= 15 is 0 Å². The van der Waals surface area contributed by atoms with Gasteiger partial charge in [-0.05, 0) is 54.7 Å². The van der Waals surface area contributed by atoms with E-state index in [1.54, 1.807) is 0 Å². The highest BCUT2D eigenvalue weighted by molar-refractivity contribution is 5.64. The molecule has 0 spiro atoms. The third-order valence-electron chi connectivity index (χ3n) is 6.27. The maximum Gasteiger partial charge on any atom is 0.161 e. The van der Waals surface area contributed by atoms with Gasteiger partial charge in [-0.25, -0.2) is 13.2 Å². The first-order valence-corrected chi connectivity index (χ1v) is 10.8. The first kappa shape index (κ1) is 21.0. The van der Waals surface area contributed by atoms with Gasteiger partial charge in [0.05, 0.1) is 0 Å². The molecule has 2 aromatic rings. The van der Waals surface area contributed by atoms with E-state index in [1.807, 2.05) is 24.3 Å². The summed E-state index contributed by atoms with van der Waals surface area (Å²) < 4.78 is 40.6. The van der Waals surface area contributed by atoms with Crippen LogP contribution in [-0.4, -0.2) is 0 Å². The van der Waals surface area contributed by atoms with Crippen molar-refractivity contribution in [2.24, 2.45) is 5.92 Å². The number of hydrogen-bond donors (Lipinski definition) is 0. The van der Waals surface area contributed by atoms with Crippen molar-refractivity contribution >= 4 is 0 Å². The van der Waals surface area contributed by atoms with Crippen molar-refractivity contribution in [3.8, 4) is 11.1 Å². The molecule has 28 heavy (non-hydrogen) atoms. The summed E-state index contributed by atoms with van der Waals surface area (Å²) in [4.78, 5) is 0. The first-order valence-electron chi connectivity index (χ1n) is 10.8. The van der Waals surface area contributed by atoms with Gasteiger partial charge in [0.1, 0.15) is 5.82 Å². The molecule has 1 aliphatic rings. The van der Waals surface area contributed by atoms with Gasteiger partial charge in [0.15, 0.2) is 11.6 Å². The summed E-state index contributed by atoms with van der Waals surface area (Å²) in [6.07, 6.45) is 13.1. The Morgan fingerprint density at radius 1 is 0.750 bits per heavy atom. The molecular weight excluding hydrogens is 357 g/mol. The normalized spacial score (nSPS) is 19.7. The van der Waals surface area contributed by atoms with E-state index in [4.69, 9.17) is 0 Å². The van der Waals surface area contributed by atoms with Gasteiger partial charge in [-0.1, -0.05) is 69.7 Å². The predicted molar refractivity (Wildman–Crippen MR) is 110 cm³/mol. The van der Waals surface area contributed by atoms with Gasteiger partial charge < -0.3 is 0 Å².